The van der Waals surface area contributed by atoms with Gasteiger partial charge in [-0.2, -0.15) is 0 Å². The lowest BCUT2D eigenvalue weighted by Crippen LogP contribution is -2.46. The largest absolute Gasteiger partial charge is 0.357 e. The van der Waals surface area contributed by atoms with Gasteiger partial charge in [0.15, 0.2) is 0 Å². The molecular formula is C19H23ClN4O3. The first-order valence-corrected chi connectivity index (χ1v) is 9.29. The van der Waals surface area contributed by atoms with Crippen molar-refractivity contribution in [3.05, 3.63) is 61.8 Å². The molecule has 27 heavy (non-hydrogen) atoms. The summed E-state index contributed by atoms with van der Waals surface area (Å²) < 4.78 is 2.53. The maximum Gasteiger partial charge on any atom is 0.332 e. The molecule has 0 spiro atoms. The molecule has 1 aliphatic heterocycles. The van der Waals surface area contributed by atoms with Crippen molar-refractivity contribution in [2.75, 3.05) is 18.0 Å². The molecule has 2 aromatic rings. The molecule has 1 aromatic heterocycles. The van der Waals surface area contributed by atoms with Crippen molar-refractivity contribution in [2.24, 2.45) is 20.0 Å². The van der Waals surface area contributed by atoms with E-state index in [1.54, 1.807) is 19.2 Å². The van der Waals surface area contributed by atoms with Crippen LogP contribution in [0.4, 0.5) is 5.82 Å². The Balaban J connectivity index is 1.69. The van der Waals surface area contributed by atoms with Crippen LogP contribution in [0, 0.1) is 5.92 Å². The Labute approximate surface area is 162 Å². The molecule has 1 N–H and O–H groups in total. The molecule has 2 heterocycles. The minimum Gasteiger partial charge on any atom is -0.357 e. The summed E-state index contributed by atoms with van der Waals surface area (Å²) in [6.45, 7) is 1.63. The van der Waals surface area contributed by atoms with Gasteiger partial charge >= 0.3 is 5.69 Å². The molecule has 0 bridgehead atoms. The van der Waals surface area contributed by atoms with Crippen molar-refractivity contribution in [3.63, 3.8) is 0 Å². The number of benzene rings is 1. The lowest BCUT2D eigenvalue weighted by atomic mass is 9.97. The van der Waals surface area contributed by atoms with Crippen LogP contribution < -0.4 is 21.5 Å². The highest BCUT2D eigenvalue weighted by atomic mass is 35.5. The van der Waals surface area contributed by atoms with Crippen molar-refractivity contribution < 1.29 is 4.79 Å². The first kappa shape index (κ1) is 19.2. The Morgan fingerprint density at radius 2 is 1.89 bits per heavy atom. The zero-order chi connectivity index (χ0) is 19.6. The minimum atomic E-state index is -0.369. The summed E-state index contributed by atoms with van der Waals surface area (Å²) in [7, 11) is 3.10. The molecule has 0 radical (unpaired) electrons. The zero-order valence-corrected chi connectivity index (χ0v) is 16.2. The Kier molecular flexibility index (Phi) is 5.70. The molecule has 3 rings (SSSR count). The number of aromatic nitrogens is 2. The van der Waals surface area contributed by atoms with Crippen LogP contribution >= 0.6 is 11.6 Å². The van der Waals surface area contributed by atoms with E-state index in [1.807, 2.05) is 17.0 Å². The Bertz CT molecular complexity index is 949. The number of nitrogens with one attached hydrogen (secondary N) is 1. The average molecular weight is 391 g/mol. The topological polar surface area (TPSA) is 76.3 Å². The van der Waals surface area contributed by atoms with Crippen molar-refractivity contribution in [1.29, 1.82) is 0 Å². The second-order valence-corrected chi connectivity index (χ2v) is 7.31. The molecule has 1 fully saturated rings. The molecule has 8 heteroatoms. The van der Waals surface area contributed by atoms with Crippen LogP contribution in [0.1, 0.15) is 18.4 Å². The van der Waals surface area contributed by atoms with Crippen molar-refractivity contribution in [1.82, 2.24) is 14.5 Å². The third-order valence-electron chi connectivity index (χ3n) is 5.00. The standard InChI is InChI=1S/C19H23ClN4O3/c1-22-16(10-17(25)23(2)19(22)27)24-9-3-4-14(12-24)18(26)21-11-13-5-7-15(20)8-6-13/h5-8,10,14H,3-4,9,11-12H2,1-2H3,(H,21,26). The summed E-state index contributed by atoms with van der Waals surface area (Å²) in [6, 6.07) is 8.80. The van der Waals surface area contributed by atoms with Gasteiger partial charge in [-0.05, 0) is 30.5 Å². The van der Waals surface area contributed by atoms with E-state index in [-0.39, 0.29) is 23.1 Å². The molecule has 1 unspecified atom stereocenters. The summed E-state index contributed by atoms with van der Waals surface area (Å²) in [5, 5.41) is 3.62. The molecule has 1 saturated heterocycles. The number of piperidine rings is 1. The normalized spacial score (nSPS) is 17.0. The highest BCUT2D eigenvalue weighted by molar-refractivity contribution is 6.30. The van der Waals surface area contributed by atoms with Crippen LogP contribution in [0.3, 0.4) is 0 Å². The number of carbonyl (C=O) groups excluding carboxylic acids is 1. The first-order chi connectivity index (χ1) is 12.9. The summed E-state index contributed by atoms with van der Waals surface area (Å²) >= 11 is 5.87. The van der Waals surface area contributed by atoms with Crippen LogP contribution in [0.2, 0.25) is 5.02 Å². The quantitative estimate of drug-likeness (QED) is 0.853. The highest BCUT2D eigenvalue weighted by Crippen LogP contribution is 2.21. The smallest absolute Gasteiger partial charge is 0.332 e. The highest BCUT2D eigenvalue weighted by Gasteiger charge is 2.27. The van der Waals surface area contributed by atoms with Crippen molar-refractivity contribution in [2.45, 2.75) is 19.4 Å². The Morgan fingerprint density at radius 3 is 2.59 bits per heavy atom. The number of rotatable bonds is 4. The predicted octanol–water partition coefficient (Wildman–Crippen LogP) is 1.27. The molecule has 144 valence electrons. The van der Waals surface area contributed by atoms with Gasteiger partial charge < -0.3 is 10.2 Å². The fraction of sp³-hybridized carbons (Fsp3) is 0.421. The number of hydrogen-bond donors (Lipinski definition) is 1. The second-order valence-electron chi connectivity index (χ2n) is 6.87. The molecule has 1 amide bonds. The van der Waals surface area contributed by atoms with Gasteiger partial charge in [0, 0.05) is 44.8 Å². The van der Waals surface area contributed by atoms with E-state index < -0.39 is 0 Å². The molecule has 0 saturated carbocycles. The number of amides is 1. The summed E-state index contributed by atoms with van der Waals surface area (Å²) in [5.41, 5.74) is 0.267. The van der Waals surface area contributed by atoms with Crippen LogP contribution in [-0.4, -0.2) is 28.1 Å². The lowest BCUT2D eigenvalue weighted by Gasteiger charge is -2.34. The SMILES string of the molecule is Cn1c(N2CCCC(C(=O)NCc3ccc(Cl)cc3)C2)cc(=O)n(C)c1=O. The van der Waals surface area contributed by atoms with Crippen LogP contribution in [0.15, 0.2) is 39.9 Å². The maximum atomic E-state index is 12.6. The second kappa shape index (κ2) is 8.00. The summed E-state index contributed by atoms with van der Waals surface area (Å²) in [6.07, 6.45) is 1.60. The van der Waals surface area contributed by atoms with E-state index >= 15 is 0 Å². The van der Waals surface area contributed by atoms with E-state index in [2.05, 4.69) is 5.32 Å². The fourth-order valence-corrected chi connectivity index (χ4v) is 3.49. The van der Waals surface area contributed by atoms with Gasteiger partial charge in [0.1, 0.15) is 5.82 Å². The molecule has 7 nitrogen and oxygen atoms in total. The maximum absolute atomic E-state index is 12.6. The molecular weight excluding hydrogens is 368 g/mol. The zero-order valence-electron chi connectivity index (χ0n) is 15.4. The van der Waals surface area contributed by atoms with Crippen LogP contribution in [0.5, 0.6) is 0 Å². The van der Waals surface area contributed by atoms with Gasteiger partial charge in [-0.15, -0.1) is 0 Å². The number of carbonyl (C=O) groups is 1. The predicted molar refractivity (Wildman–Crippen MR) is 105 cm³/mol. The molecule has 0 aliphatic carbocycles. The van der Waals surface area contributed by atoms with Gasteiger partial charge in [0.2, 0.25) is 5.91 Å². The van der Waals surface area contributed by atoms with Crippen LogP contribution in [-0.2, 0) is 25.4 Å². The van der Waals surface area contributed by atoms with Crippen molar-refractivity contribution in [3.8, 4) is 0 Å². The fourth-order valence-electron chi connectivity index (χ4n) is 3.36. The van der Waals surface area contributed by atoms with Gasteiger partial charge in [-0.1, -0.05) is 23.7 Å². The number of anilines is 1. The third-order valence-corrected chi connectivity index (χ3v) is 5.25. The number of halogens is 1. The van der Waals surface area contributed by atoms with Gasteiger partial charge in [0.05, 0.1) is 5.92 Å². The first-order valence-electron chi connectivity index (χ1n) is 8.91. The van der Waals surface area contributed by atoms with Crippen LogP contribution in [0.25, 0.3) is 0 Å². The summed E-state index contributed by atoms with van der Waals surface area (Å²) in [4.78, 5) is 38.7. The van der Waals surface area contributed by atoms with Gasteiger partial charge in [-0.3, -0.25) is 18.7 Å². The minimum absolute atomic E-state index is 0.0246. The van der Waals surface area contributed by atoms with E-state index in [9.17, 15) is 14.4 Å². The van der Waals surface area contributed by atoms with Crippen molar-refractivity contribution >= 4 is 23.3 Å². The number of nitrogens with zero attached hydrogens (tertiary/aromatic N) is 3. The molecule has 1 atom stereocenters. The van der Waals surface area contributed by atoms with E-state index in [1.165, 1.54) is 17.7 Å². The summed E-state index contributed by atoms with van der Waals surface area (Å²) in [5.74, 6) is 0.340. The molecule has 1 aromatic carbocycles. The monoisotopic (exact) mass is 390 g/mol. The number of hydrogen-bond acceptors (Lipinski definition) is 4. The average Bonchev–Trinajstić information content (AvgIpc) is 2.68. The van der Waals surface area contributed by atoms with Gasteiger partial charge in [0.25, 0.3) is 5.56 Å². The molecule has 1 aliphatic rings. The third kappa shape index (κ3) is 4.24. The Morgan fingerprint density at radius 1 is 1.19 bits per heavy atom. The lowest BCUT2D eigenvalue weighted by molar-refractivity contribution is -0.125. The van der Waals surface area contributed by atoms with Gasteiger partial charge in [-0.25, -0.2) is 4.79 Å². The van der Waals surface area contributed by atoms with E-state index in [0.29, 0.717) is 30.5 Å². The Hall–Kier alpha value is -2.54. The van der Waals surface area contributed by atoms with E-state index in [4.69, 9.17) is 11.6 Å². The van der Waals surface area contributed by atoms with E-state index in [0.717, 1.165) is 23.0 Å².